The summed E-state index contributed by atoms with van der Waals surface area (Å²) in [7, 11) is -3.18. The number of thiophene rings is 1. The summed E-state index contributed by atoms with van der Waals surface area (Å²) in [5.41, 5.74) is -1.09. The molecule has 0 spiro atoms. The highest BCUT2D eigenvalue weighted by Crippen LogP contribution is 2.25. The standard InChI is InChI=1S/C14H22N2O4S2/c1-14(18,12-4-3-9-21-12)10-15-13(17)11-5-7-16(8-6-11)22(2,19)20/h3-4,9,11,18H,5-8,10H2,1-2H3,(H,15,17)/t14-/m0/s1. The number of nitrogens with one attached hydrogen (secondary N) is 1. The molecular weight excluding hydrogens is 324 g/mol. The zero-order valence-corrected chi connectivity index (χ0v) is 14.4. The van der Waals surface area contributed by atoms with Crippen LogP contribution >= 0.6 is 11.3 Å². The van der Waals surface area contributed by atoms with Gasteiger partial charge in [0, 0.05) is 23.9 Å². The molecule has 0 bridgehead atoms. The lowest BCUT2D eigenvalue weighted by Crippen LogP contribution is -2.45. The lowest BCUT2D eigenvalue weighted by Gasteiger charge is -2.30. The molecule has 1 amide bonds. The van der Waals surface area contributed by atoms with E-state index in [0.29, 0.717) is 25.9 Å². The normalized spacial score (nSPS) is 20.5. The zero-order chi connectivity index (χ0) is 16.4. The molecule has 0 unspecified atom stereocenters. The fourth-order valence-corrected chi connectivity index (χ4v) is 4.19. The maximum absolute atomic E-state index is 12.2. The molecule has 1 fully saturated rings. The van der Waals surface area contributed by atoms with Gasteiger partial charge in [-0.3, -0.25) is 4.79 Å². The average molecular weight is 346 g/mol. The number of hydrogen-bond acceptors (Lipinski definition) is 5. The second-order valence-electron chi connectivity index (χ2n) is 5.91. The van der Waals surface area contributed by atoms with Crippen LogP contribution in [0.3, 0.4) is 0 Å². The van der Waals surface area contributed by atoms with Crippen LogP contribution in [-0.4, -0.2) is 49.6 Å². The van der Waals surface area contributed by atoms with Gasteiger partial charge in [-0.15, -0.1) is 11.3 Å². The number of sulfonamides is 1. The van der Waals surface area contributed by atoms with Gasteiger partial charge in [-0.1, -0.05) is 6.07 Å². The first-order chi connectivity index (χ1) is 10.2. The predicted molar refractivity (Wildman–Crippen MR) is 86.0 cm³/mol. The minimum Gasteiger partial charge on any atom is -0.383 e. The molecule has 1 aromatic heterocycles. The Kier molecular flexibility index (Phi) is 5.26. The summed E-state index contributed by atoms with van der Waals surface area (Å²) in [6.45, 7) is 2.57. The van der Waals surface area contributed by atoms with Crippen LogP contribution in [-0.2, 0) is 20.4 Å². The Morgan fingerprint density at radius 1 is 1.50 bits per heavy atom. The van der Waals surface area contributed by atoms with Gasteiger partial charge in [-0.05, 0) is 31.2 Å². The summed E-state index contributed by atoms with van der Waals surface area (Å²) in [6, 6.07) is 3.69. The summed E-state index contributed by atoms with van der Waals surface area (Å²) >= 11 is 1.45. The Bertz CT molecular complexity index is 603. The van der Waals surface area contributed by atoms with Gasteiger partial charge in [-0.2, -0.15) is 0 Å². The van der Waals surface area contributed by atoms with Crippen LogP contribution in [0.2, 0.25) is 0 Å². The third-order valence-corrected chi connectivity index (χ3v) is 6.38. The van der Waals surface area contributed by atoms with Crippen molar-refractivity contribution in [3.05, 3.63) is 22.4 Å². The van der Waals surface area contributed by atoms with Gasteiger partial charge < -0.3 is 10.4 Å². The number of piperidine rings is 1. The number of rotatable bonds is 5. The molecule has 22 heavy (non-hydrogen) atoms. The fraction of sp³-hybridized carbons (Fsp3) is 0.643. The summed E-state index contributed by atoms with van der Waals surface area (Å²) in [4.78, 5) is 13.0. The van der Waals surface area contributed by atoms with Crippen molar-refractivity contribution >= 4 is 27.3 Å². The number of amides is 1. The summed E-state index contributed by atoms with van der Waals surface area (Å²) in [5, 5.41) is 15.0. The summed E-state index contributed by atoms with van der Waals surface area (Å²) in [5.74, 6) is -0.317. The van der Waals surface area contributed by atoms with E-state index in [1.807, 2.05) is 17.5 Å². The van der Waals surface area contributed by atoms with Crippen LogP contribution < -0.4 is 5.32 Å². The maximum atomic E-state index is 12.2. The molecule has 1 aliphatic rings. The third-order valence-electron chi connectivity index (χ3n) is 3.95. The Hall–Kier alpha value is -0.960. The smallest absolute Gasteiger partial charge is 0.223 e. The summed E-state index contributed by atoms with van der Waals surface area (Å²) < 4.78 is 24.3. The van der Waals surface area contributed by atoms with Crippen LogP contribution in [0.1, 0.15) is 24.6 Å². The number of carbonyl (C=O) groups is 1. The molecule has 2 heterocycles. The van der Waals surface area contributed by atoms with Crippen LogP contribution in [0.25, 0.3) is 0 Å². The first-order valence-corrected chi connectivity index (χ1v) is 9.92. The molecule has 6 nitrogen and oxygen atoms in total. The Balaban J connectivity index is 1.84. The van der Waals surface area contributed by atoms with Gasteiger partial charge in [0.1, 0.15) is 5.60 Å². The van der Waals surface area contributed by atoms with Gasteiger partial charge >= 0.3 is 0 Å². The molecule has 8 heteroatoms. The van der Waals surface area contributed by atoms with Crippen molar-refractivity contribution in [1.29, 1.82) is 0 Å². The molecule has 1 saturated heterocycles. The second-order valence-corrected chi connectivity index (χ2v) is 8.84. The molecule has 1 aliphatic heterocycles. The van der Waals surface area contributed by atoms with Crippen LogP contribution in [0.5, 0.6) is 0 Å². The molecule has 1 aromatic rings. The van der Waals surface area contributed by atoms with E-state index in [0.717, 1.165) is 4.88 Å². The number of aliphatic hydroxyl groups is 1. The highest BCUT2D eigenvalue weighted by atomic mass is 32.2. The minimum atomic E-state index is -3.18. The fourth-order valence-electron chi connectivity index (χ4n) is 2.53. The van der Waals surface area contributed by atoms with Crippen molar-refractivity contribution in [3.8, 4) is 0 Å². The van der Waals surface area contributed by atoms with Gasteiger partial charge in [0.05, 0.1) is 12.8 Å². The topological polar surface area (TPSA) is 86.7 Å². The monoisotopic (exact) mass is 346 g/mol. The van der Waals surface area contributed by atoms with E-state index >= 15 is 0 Å². The van der Waals surface area contributed by atoms with E-state index in [2.05, 4.69) is 5.32 Å². The van der Waals surface area contributed by atoms with E-state index in [9.17, 15) is 18.3 Å². The highest BCUT2D eigenvalue weighted by Gasteiger charge is 2.31. The van der Waals surface area contributed by atoms with Crippen molar-refractivity contribution in [2.75, 3.05) is 25.9 Å². The van der Waals surface area contributed by atoms with Gasteiger partial charge in [0.25, 0.3) is 0 Å². The quantitative estimate of drug-likeness (QED) is 0.823. The van der Waals surface area contributed by atoms with Gasteiger partial charge in [0.15, 0.2) is 0 Å². The highest BCUT2D eigenvalue weighted by molar-refractivity contribution is 7.88. The summed E-state index contributed by atoms with van der Waals surface area (Å²) in [6.07, 6.45) is 2.21. The minimum absolute atomic E-state index is 0.120. The van der Waals surface area contributed by atoms with Crippen LogP contribution in [0.4, 0.5) is 0 Å². The molecule has 1 atom stereocenters. The number of carbonyl (C=O) groups excluding carboxylic acids is 1. The van der Waals surface area contributed by atoms with E-state index in [1.54, 1.807) is 6.92 Å². The van der Waals surface area contributed by atoms with Crippen molar-refractivity contribution in [1.82, 2.24) is 9.62 Å². The van der Waals surface area contributed by atoms with Gasteiger partial charge in [0.2, 0.25) is 15.9 Å². The maximum Gasteiger partial charge on any atom is 0.223 e. The van der Waals surface area contributed by atoms with Crippen LogP contribution in [0, 0.1) is 5.92 Å². The number of hydrogen-bond donors (Lipinski definition) is 2. The lowest BCUT2D eigenvalue weighted by atomic mass is 9.96. The molecule has 2 N–H and O–H groups in total. The average Bonchev–Trinajstić information content (AvgIpc) is 2.99. The Morgan fingerprint density at radius 2 is 2.14 bits per heavy atom. The zero-order valence-electron chi connectivity index (χ0n) is 12.8. The first kappa shape index (κ1) is 17.4. The third kappa shape index (κ3) is 4.28. The Morgan fingerprint density at radius 3 is 2.64 bits per heavy atom. The molecule has 124 valence electrons. The largest absolute Gasteiger partial charge is 0.383 e. The van der Waals surface area contributed by atoms with Gasteiger partial charge in [-0.25, -0.2) is 12.7 Å². The second kappa shape index (κ2) is 6.66. The van der Waals surface area contributed by atoms with E-state index < -0.39 is 15.6 Å². The van der Waals surface area contributed by atoms with E-state index in [4.69, 9.17) is 0 Å². The lowest BCUT2D eigenvalue weighted by molar-refractivity contribution is -0.127. The molecule has 0 radical (unpaired) electrons. The molecule has 2 rings (SSSR count). The first-order valence-electron chi connectivity index (χ1n) is 7.19. The van der Waals surface area contributed by atoms with Crippen molar-refractivity contribution < 1.29 is 18.3 Å². The van der Waals surface area contributed by atoms with E-state index in [1.165, 1.54) is 21.9 Å². The SMILES string of the molecule is C[C@](O)(CNC(=O)C1CCN(S(C)(=O)=O)CC1)c1cccs1. The predicted octanol–water partition coefficient (Wildman–Crippen LogP) is 0.743. The van der Waals surface area contributed by atoms with E-state index in [-0.39, 0.29) is 18.4 Å². The van der Waals surface area contributed by atoms with Crippen LogP contribution in [0.15, 0.2) is 17.5 Å². The van der Waals surface area contributed by atoms with Crippen molar-refractivity contribution in [2.45, 2.75) is 25.4 Å². The van der Waals surface area contributed by atoms with Crippen molar-refractivity contribution in [2.24, 2.45) is 5.92 Å². The molecule has 0 aliphatic carbocycles. The molecular formula is C14H22N2O4S2. The Labute approximate surface area is 135 Å². The molecule has 0 saturated carbocycles. The number of nitrogens with zero attached hydrogens (tertiary/aromatic N) is 1. The molecule has 0 aromatic carbocycles. The van der Waals surface area contributed by atoms with Crippen molar-refractivity contribution in [3.63, 3.8) is 0 Å².